The van der Waals surface area contributed by atoms with E-state index in [9.17, 15) is 0 Å². The molecule has 2 aromatic heterocycles. The van der Waals surface area contributed by atoms with Crippen molar-refractivity contribution in [3.8, 4) is 11.4 Å². The third-order valence-corrected chi connectivity index (χ3v) is 3.36. The molecule has 2 aromatic rings. The fourth-order valence-corrected chi connectivity index (χ4v) is 2.35. The molecule has 0 radical (unpaired) electrons. The number of rotatable bonds is 4. The van der Waals surface area contributed by atoms with Crippen LogP contribution in [-0.2, 0) is 4.74 Å². The van der Waals surface area contributed by atoms with Crippen LogP contribution in [0.2, 0.25) is 5.15 Å². The molecule has 0 unspecified atom stereocenters. The number of nitrogens with zero attached hydrogens (tertiary/aromatic N) is 3. The van der Waals surface area contributed by atoms with Gasteiger partial charge in [-0.15, -0.1) is 0 Å². The van der Waals surface area contributed by atoms with Crippen LogP contribution in [0.5, 0.6) is 0 Å². The normalized spacial score (nSPS) is 18.1. The van der Waals surface area contributed by atoms with Crippen molar-refractivity contribution < 1.29 is 4.74 Å². The average molecular weight is 291 g/mol. The van der Waals surface area contributed by atoms with E-state index in [1.165, 1.54) is 0 Å². The Morgan fingerprint density at radius 3 is 2.90 bits per heavy atom. The molecule has 3 heterocycles. The van der Waals surface area contributed by atoms with Crippen LogP contribution >= 0.6 is 11.6 Å². The first-order valence-electron chi connectivity index (χ1n) is 6.62. The Balaban J connectivity index is 1.76. The molecule has 0 bridgehead atoms. The van der Waals surface area contributed by atoms with Gasteiger partial charge < -0.3 is 10.1 Å². The minimum Gasteiger partial charge on any atom is -0.376 e. The molecule has 0 saturated carbocycles. The van der Waals surface area contributed by atoms with Crippen LogP contribution in [0.25, 0.3) is 11.4 Å². The first-order chi connectivity index (χ1) is 9.81. The lowest BCUT2D eigenvalue weighted by Crippen LogP contribution is -2.19. The third kappa shape index (κ3) is 3.23. The SMILES string of the molecule is Clc1cc(NC[C@@H]2CCCO2)nc(-c2ccncc2)n1. The summed E-state index contributed by atoms with van der Waals surface area (Å²) in [6.45, 7) is 1.59. The van der Waals surface area contributed by atoms with Gasteiger partial charge in [-0.05, 0) is 25.0 Å². The van der Waals surface area contributed by atoms with Gasteiger partial charge in [0, 0.05) is 37.2 Å². The number of hydrogen-bond donors (Lipinski definition) is 1. The molecule has 1 aliphatic rings. The monoisotopic (exact) mass is 290 g/mol. The first kappa shape index (κ1) is 13.3. The summed E-state index contributed by atoms with van der Waals surface area (Å²) in [5.41, 5.74) is 0.891. The molecular weight excluding hydrogens is 276 g/mol. The minimum atomic E-state index is 0.258. The van der Waals surface area contributed by atoms with E-state index in [1.807, 2.05) is 12.1 Å². The Hall–Kier alpha value is -1.72. The predicted molar refractivity (Wildman–Crippen MR) is 77.7 cm³/mol. The van der Waals surface area contributed by atoms with Crippen molar-refractivity contribution in [1.82, 2.24) is 15.0 Å². The smallest absolute Gasteiger partial charge is 0.163 e. The Morgan fingerprint density at radius 1 is 1.30 bits per heavy atom. The van der Waals surface area contributed by atoms with Crippen LogP contribution in [-0.4, -0.2) is 34.2 Å². The Kier molecular flexibility index (Phi) is 4.08. The predicted octanol–water partition coefficient (Wildman–Crippen LogP) is 2.78. The maximum atomic E-state index is 6.06. The summed E-state index contributed by atoms with van der Waals surface area (Å²) in [6, 6.07) is 5.44. The number of pyridine rings is 1. The van der Waals surface area contributed by atoms with Crippen molar-refractivity contribution in [3.63, 3.8) is 0 Å². The van der Waals surface area contributed by atoms with Crippen molar-refractivity contribution in [3.05, 3.63) is 35.7 Å². The first-order valence-corrected chi connectivity index (χ1v) is 6.99. The van der Waals surface area contributed by atoms with Crippen molar-refractivity contribution in [2.75, 3.05) is 18.5 Å². The van der Waals surface area contributed by atoms with Gasteiger partial charge in [-0.2, -0.15) is 0 Å². The quantitative estimate of drug-likeness (QED) is 0.878. The van der Waals surface area contributed by atoms with Gasteiger partial charge in [0.15, 0.2) is 5.82 Å². The molecule has 1 N–H and O–H groups in total. The highest BCUT2D eigenvalue weighted by Crippen LogP contribution is 2.20. The lowest BCUT2D eigenvalue weighted by Gasteiger charge is -2.12. The van der Waals surface area contributed by atoms with E-state index in [2.05, 4.69) is 20.3 Å². The number of anilines is 1. The van der Waals surface area contributed by atoms with Gasteiger partial charge in [-0.3, -0.25) is 4.98 Å². The molecule has 3 rings (SSSR count). The van der Waals surface area contributed by atoms with Crippen LogP contribution in [0, 0.1) is 0 Å². The van der Waals surface area contributed by atoms with Crippen LogP contribution in [0.4, 0.5) is 5.82 Å². The van der Waals surface area contributed by atoms with Gasteiger partial charge in [0.2, 0.25) is 0 Å². The fraction of sp³-hybridized carbons (Fsp3) is 0.357. The Labute approximate surface area is 122 Å². The third-order valence-electron chi connectivity index (χ3n) is 3.17. The van der Waals surface area contributed by atoms with Crippen molar-refractivity contribution in [1.29, 1.82) is 0 Å². The van der Waals surface area contributed by atoms with Gasteiger partial charge >= 0.3 is 0 Å². The summed E-state index contributed by atoms with van der Waals surface area (Å²) in [4.78, 5) is 12.7. The number of ether oxygens (including phenoxy) is 1. The van der Waals surface area contributed by atoms with Gasteiger partial charge in [-0.1, -0.05) is 11.6 Å². The molecule has 0 aliphatic carbocycles. The maximum absolute atomic E-state index is 6.06. The van der Waals surface area contributed by atoms with E-state index in [0.717, 1.165) is 31.6 Å². The van der Waals surface area contributed by atoms with E-state index >= 15 is 0 Å². The van der Waals surface area contributed by atoms with E-state index in [-0.39, 0.29) is 6.10 Å². The Morgan fingerprint density at radius 2 is 2.15 bits per heavy atom. The summed E-state index contributed by atoms with van der Waals surface area (Å²) in [5.74, 6) is 1.31. The van der Waals surface area contributed by atoms with Crippen molar-refractivity contribution in [2.24, 2.45) is 0 Å². The summed E-state index contributed by atoms with van der Waals surface area (Å²) < 4.78 is 5.57. The van der Waals surface area contributed by atoms with E-state index in [1.54, 1.807) is 18.5 Å². The van der Waals surface area contributed by atoms with Gasteiger partial charge in [0.1, 0.15) is 11.0 Å². The largest absolute Gasteiger partial charge is 0.376 e. The lowest BCUT2D eigenvalue weighted by molar-refractivity contribution is 0.120. The summed E-state index contributed by atoms with van der Waals surface area (Å²) in [6.07, 6.45) is 5.88. The maximum Gasteiger partial charge on any atom is 0.163 e. The molecule has 0 aromatic carbocycles. The summed E-state index contributed by atoms with van der Waals surface area (Å²) in [7, 11) is 0. The molecule has 1 aliphatic heterocycles. The zero-order chi connectivity index (χ0) is 13.8. The molecule has 104 valence electrons. The topological polar surface area (TPSA) is 59.9 Å². The van der Waals surface area contributed by atoms with Gasteiger partial charge in [0.05, 0.1) is 6.10 Å². The van der Waals surface area contributed by atoms with Crippen LogP contribution in [0.1, 0.15) is 12.8 Å². The van der Waals surface area contributed by atoms with E-state index in [0.29, 0.717) is 16.8 Å². The molecule has 6 heteroatoms. The number of hydrogen-bond acceptors (Lipinski definition) is 5. The van der Waals surface area contributed by atoms with E-state index < -0.39 is 0 Å². The Bertz CT molecular complexity index is 573. The zero-order valence-electron chi connectivity index (χ0n) is 10.9. The highest BCUT2D eigenvalue weighted by Gasteiger charge is 2.15. The van der Waals surface area contributed by atoms with Gasteiger partial charge in [-0.25, -0.2) is 9.97 Å². The standard InChI is InChI=1S/C14H15ClN4O/c15-12-8-13(17-9-11-2-1-7-20-11)19-14(18-12)10-3-5-16-6-4-10/h3-6,8,11H,1-2,7,9H2,(H,17,18,19)/t11-/m0/s1. The second-order valence-corrected chi connectivity index (χ2v) is 5.04. The average Bonchev–Trinajstić information content (AvgIpc) is 2.99. The molecule has 0 spiro atoms. The second-order valence-electron chi connectivity index (χ2n) is 4.65. The molecular formula is C14H15ClN4O. The summed E-state index contributed by atoms with van der Waals surface area (Å²) >= 11 is 6.06. The molecule has 1 saturated heterocycles. The number of aromatic nitrogens is 3. The molecule has 1 fully saturated rings. The van der Waals surface area contributed by atoms with E-state index in [4.69, 9.17) is 16.3 Å². The van der Waals surface area contributed by atoms with Crippen LogP contribution < -0.4 is 5.32 Å². The highest BCUT2D eigenvalue weighted by molar-refractivity contribution is 6.29. The zero-order valence-corrected chi connectivity index (χ0v) is 11.7. The van der Waals surface area contributed by atoms with Gasteiger partial charge in [0.25, 0.3) is 0 Å². The molecule has 5 nitrogen and oxygen atoms in total. The highest BCUT2D eigenvalue weighted by atomic mass is 35.5. The minimum absolute atomic E-state index is 0.258. The molecule has 1 atom stereocenters. The van der Waals surface area contributed by atoms with Crippen molar-refractivity contribution in [2.45, 2.75) is 18.9 Å². The number of halogens is 1. The number of nitrogens with one attached hydrogen (secondary N) is 1. The van der Waals surface area contributed by atoms with Crippen LogP contribution in [0.15, 0.2) is 30.6 Å². The molecule has 20 heavy (non-hydrogen) atoms. The van der Waals surface area contributed by atoms with Crippen molar-refractivity contribution >= 4 is 17.4 Å². The fourth-order valence-electron chi connectivity index (χ4n) is 2.16. The lowest BCUT2D eigenvalue weighted by atomic mass is 10.2. The second kappa shape index (κ2) is 6.15. The van der Waals surface area contributed by atoms with Crippen LogP contribution in [0.3, 0.4) is 0 Å². The molecule has 0 amide bonds. The summed E-state index contributed by atoms with van der Waals surface area (Å²) in [5, 5.41) is 3.68.